The van der Waals surface area contributed by atoms with Crippen LogP contribution in [0.1, 0.15) is 18.9 Å². The maximum atomic E-state index is 5.31. The minimum Gasteiger partial charge on any atom is -0.497 e. The zero-order valence-electron chi connectivity index (χ0n) is 12.5. The molecule has 0 unspecified atom stereocenters. The van der Waals surface area contributed by atoms with Gasteiger partial charge in [-0.3, -0.25) is 4.90 Å². The summed E-state index contributed by atoms with van der Waals surface area (Å²) in [5.74, 6) is 0.912. The van der Waals surface area contributed by atoms with Gasteiger partial charge < -0.3 is 9.72 Å². The molecular formula is C17H24N2O. The third-order valence-electron chi connectivity index (χ3n) is 3.60. The molecule has 0 aliphatic carbocycles. The fraction of sp³-hybridized carbons (Fsp3) is 0.412. The van der Waals surface area contributed by atoms with Crippen molar-refractivity contribution in [3.63, 3.8) is 0 Å². The molecule has 0 saturated heterocycles. The van der Waals surface area contributed by atoms with Crippen molar-refractivity contribution in [2.75, 3.05) is 26.7 Å². The molecule has 2 rings (SSSR count). The highest BCUT2D eigenvalue weighted by Crippen LogP contribution is 2.24. The lowest BCUT2D eigenvalue weighted by Crippen LogP contribution is -2.27. The van der Waals surface area contributed by atoms with Crippen LogP contribution in [0.25, 0.3) is 10.9 Å². The summed E-state index contributed by atoms with van der Waals surface area (Å²) in [5.41, 5.74) is 2.52. The molecular weight excluding hydrogens is 248 g/mol. The monoisotopic (exact) mass is 272 g/mol. The molecule has 0 amide bonds. The van der Waals surface area contributed by atoms with Crippen LogP contribution in [-0.4, -0.2) is 36.6 Å². The van der Waals surface area contributed by atoms with Crippen LogP contribution in [0, 0.1) is 0 Å². The van der Waals surface area contributed by atoms with Gasteiger partial charge in [-0.05, 0) is 43.1 Å². The second kappa shape index (κ2) is 7.15. The van der Waals surface area contributed by atoms with Gasteiger partial charge in [-0.2, -0.15) is 0 Å². The van der Waals surface area contributed by atoms with Crippen molar-refractivity contribution in [3.05, 3.63) is 42.6 Å². The minimum atomic E-state index is 0.912. The van der Waals surface area contributed by atoms with Crippen LogP contribution in [0.4, 0.5) is 0 Å². The molecule has 20 heavy (non-hydrogen) atoms. The molecule has 1 heterocycles. The number of aromatic nitrogens is 1. The van der Waals surface area contributed by atoms with Crippen LogP contribution in [0.2, 0.25) is 0 Å². The van der Waals surface area contributed by atoms with Crippen LogP contribution < -0.4 is 4.74 Å². The number of nitrogens with zero attached hydrogens (tertiary/aromatic N) is 1. The Morgan fingerprint density at radius 3 is 2.90 bits per heavy atom. The number of hydrogen-bond acceptors (Lipinski definition) is 2. The highest BCUT2D eigenvalue weighted by molar-refractivity contribution is 5.84. The number of nitrogens with one attached hydrogen (secondary N) is 1. The smallest absolute Gasteiger partial charge is 0.119 e. The quantitative estimate of drug-likeness (QED) is 0.743. The van der Waals surface area contributed by atoms with Crippen LogP contribution in [-0.2, 0) is 6.42 Å². The Hall–Kier alpha value is -1.74. The van der Waals surface area contributed by atoms with E-state index < -0.39 is 0 Å². The van der Waals surface area contributed by atoms with Gasteiger partial charge in [-0.15, -0.1) is 6.58 Å². The van der Waals surface area contributed by atoms with Crippen LogP contribution in [0.5, 0.6) is 5.75 Å². The molecule has 2 aromatic rings. The van der Waals surface area contributed by atoms with Crippen molar-refractivity contribution in [1.82, 2.24) is 9.88 Å². The third-order valence-corrected chi connectivity index (χ3v) is 3.60. The maximum absolute atomic E-state index is 5.31. The SMILES string of the molecule is C=CCN(CCC)CCc1c[nH]c2ccc(OC)cc12. The Morgan fingerprint density at radius 2 is 2.20 bits per heavy atom. The molecule has 0 aliphatic heterocycles. The Balaban J connectivity index is 2.10. The summed E-state index contributed by atoms with van der Waals surface area (Å²) >= 11 is 0. The van der Waals surface area contributed by atoms with Crippen LogP contribution in [0.15, 0.2) is 37.1 Å². The number of ether oxygens (including phenoxy) is 1. The van der Waals surface area contributed by atoms with Crippen molar-refractivity contribution in [2.24, 2.45) is 0 Å². The average molecular weight is 272 g/mol. The Bertz CT molecular complexity index is 559. The topological polar surface area (TPSA) is 28.3 Å². The predicted molar refractivity (Wildman–Crippen MR) is 85.5 cm³/mol. The Kier molecular flexibility index (Phi) is 5.24. The lowest BCUT2D eigenvalue weighted by Gasteiger charge is -2.19. The Labute approximate surface area is 121 Å². The van der Waals surface area contributed by atoms with Gasteiger partial charge in [0, 0.05) is 30.2 Å². The average Bonchev–Trinajstić information content (AvgIpc) is 2.87. The molecule has 3 nitrogen and oxygen atoms in total. The molecule has 3 heteroatoms. The minimum absolute atomic E-state index is 0.912. The fourth-order valence-electron chi connectivity index (χ4n) is 2.56. The molecule has 108 valence electrons. The highest BCUT2D eigenvalue weighted by atomic mass is 16.5. The van der Waals surface area contributed by atoms with Gasteiger partial charge in [0.05, 0.1) is 7.11 Å². The van der Waals surface area contributed by atoms with E-state index in [0.717, 1.165) is 31.8 Å². The molecule has 0 bridgehead atoms. The summed E-state index contributed by atoms with van der Waals surface area (Å²) in [6.07, 6.45) is 6.31. The summed E-state index contributed by atoms with van der Waals surface area (Å²) in [5, 5.41) is 1.26. The van der Waals surface area contributed by atoms with Crippen molar-refractivity contribution in [2.45, 2.75) is 19.8 Å². The van der Waals surface area contributed by atoms with E-state index in [-0.39, 0.29) is 0 Å². The van der Waals surface area contributed by atoms with E-state index in [9.17, 15) is 0 Å². The van der Waals surface area contributed by atoms with Gasteiger partial charge in [0.25, 0.3) is 0 Å². The van der Waals surface area contributed by atoms with Crippen LogP contribution in [0.3, 0.4) is 0 Å². The van der Waals surface area contributed by atoms with E-state index in [0.29, 0.717) is 0 Å². The van der Waals surface area contributed by atoms with Gasteiger partial charge in [0.15, 0.2) is 0 Å². The van der Waals surface area contributed by atoms with E-state index in [4.69, 9.17) is 4.74 Å². The number of aromatic amines is 1. The van der Waals surface area contributed by atoms with Crippen molar-refractivity contribution in [1.29, 1.82) is 0 Å². The first kappa shape index (κ1) is 14.7. The normalized spacial score (nSPS) is 11.2. The van der Waals surface area contributed by atoms with Gasteiger partial charge in [-0.25, -0.2) is 0 Å². The molecule has 0 atom stereocenters. The van der Waals surface area contributed by atoms with E-state index in [1.54, 1.807) is 7.11 Å². The standard InChI is InChI=1S/C17H24N2O/c1-4-9-19(10-5-2)11-8-14-13-18-17-7-6-15(20-3)12-16(14)17/h4,6-7,12-13,18H,1,5,8-11H2,2-3H3. The lowest BCUT2D eigenvalue weighted by molar-refractivity contribution is 0.307. The second-order valence-electron chi connectivity index (χ2n) is 5.06. The summed E-state index contributed by atoms with van der Waals surface area (Å²) in [6, 6.07) is 6.17. The zero-order chi connectivity index (χ0) is 14.4. The number of hydrogen-bond donors (Lipinski definition) is 1. The number of methoxy groups -OCH3 is 1. The second-order valence-corrected chi connectivity index (χ2v) is 5.06. The van der Waals surface area contributed by atoms with E-state index in [1.807, 2.05) is 12.1 Å². The zero-order valence-corrected chi connectivity index (χ0v) is 12.5. The number of rotatable bonds is 8. The molecule has 1 aromatic heterocycles. The number of H-pyrrole nitrogens is 1. The Morgan fingerprint density at radius 1 is 1.35 bits per heavy atom. The fourth-order valence-corrected chi connectivity index (χ4v) is 2.56. The van der Waals surface area contributed by atoms with Crippen LogP contribution >= 0.6 is 0 Å². The van der Waals surface area contributed by atoms with E-state index in [2.05, 4.69) is 41.7 Å². The largest absolute Gasteiger partial charge is 0.497 e. The van der Waals surface area contributed by atoms with Crippen molar-refractivity contribution in [3.8, 4) is 5.75 Å². The molecule has 0 spiro atoms. The first-order chi connectivity index (χ1) is 9.78. The summed E-state index contributed by atoms with van der Waals surface area (Å²) in [4.78, 5) is 5.77. The number of fused-ring (bicyclic) bond motifs is 1. The molecule has 0 fully saturated rings. The predicted octanol–water partition coefficient (Wildman–Crippen LogP) is 3.62. The molecule has 0 radical (unpaired) electrons. The first-order valence-corrected chi connectivity index (χ1v) is 7.25. The first-order valence-electron chi connectivity index (χ1n) is 7.25. The molecule has 0 aliphatic rings. The summed E-state index contributed by atoms with van der Waals surface area (Å²) in [6.45, 7) is 9.19. The van der Waals surface area contributed by atoms with Gasteiger partial charge in [0.2, 0.25) is 0 Å². The van der Waals surface area contributed by atoms with E-state index in [1.165, 1.54) is 22.9 Å². The van der Waals surface area contributed by atoms with Crippen molar-refractivity contribution < 1.29 is 4.74 Å². The summed E-state index contributed by atoms with van der Waals surface area (Å²) < 4.78 is 5.31. The maximum Gasteiger partial charge on any atom is 0.119 e. The molecule has 1 aromatic carbocycles. The molecule has 1 N–H and O–H groups in total. The van der Waals surface area contributed by atoms with Gasteiger partial charge >= 0.3 is 0 Å². The molecule has 0 saturated carbocycles. The van der Waals surface area contributed by atoms with Gasteiger partial charge in [-0.1, -0.05) is 13.0 Å². The van der Waals surface area contributed by atoms with Gasteiger partial charge in [0.1, 0.15) is 5.75 Å². The number of benzene rings is 1. The lowest BCUT2D eigenvalue weighted by atomic mass is 10.1. The van der Waals surface area contributed by atoms with Crippen molar-refractivity contribution >= 4 is 10.9 Å². The van der Waals surface area contributed by atoms with E-state index >= 15 is 0 Å². The summed E-state index contributed by atoms with van der Waals surface area (Å²) in [7, 11) is 1.71. The highest BCUT2D eigenvalue weighted by Gasteiger charge is 2.07. The third kappa shape index (κ3) is 3.42.